The number of amides is 1. The number of nitrogens with one attached hydrogen (secondary N) is 1. The summed E-state index contributed by atoms with van der Waals surface area (Å²) in [5, 5.41) is 5.59. The standard InChI is InChI=1S/C25H27BrN2O2S/c1-2-17-9-12-23(21(26)14-17)30-13-5-8-24(29)28-25-27-22(16-31-25)20-11-10-18-6-3-4-7-19(18)15-20/h9-12,14-16H,2-8,13H2,1H3,(H,27,28,29). The molecule has 0 saturated heterocycles. The summed E-state index contributed by atoms with van der Waals surface area (Å²) in [5.74, 6) is 0.780. The highest BCUT2D eigenvalue weighted by molar-refractivity contribution is 9.10. The number of carbonyl (C=O) groups excluding carboxylic acids is 1. The van der Waals surface area contributed by atoms with E-state index in [1.807, 2.05) is 11.4 Å². The van der Waals surface area contributed by atoms with Crippen molar-refractivity contribution in [3.8, 4) is 17.0 Å². The molecule has 0 bridgehead atoms. The van der Waals surface area contributed by atoms with Gasteiger partial charge in [-0.15, -0.1) is 11.3 Å². The summed E-state index contributed by atoms with van der Waals surface area (Å²) in [6, 6.07) is 12.8. The number of halogens is 1. The van der Waals surface area contributed by atoms with Gasteiger partial charge in [0.2, 0.25) is 5.91 Å². The van der Waals surface area contributed by atoms with Crippen molar-refractivity contribution in [3.05, 3.63) is 62.9 Å². The van der Waals surface area contributed by atoms with Gasteiger partial charge < -0.3 is 10.1 Å². The number of fused-ring (bicyclic) bond motifs is 1. The van der Waals surface area contributed by atoms with Crippen LogP contribution in [-0.4, -0.2) is 17.5 Å². The number of rotatable bonds is 8. The SMILES string of the molecule is CCc1ccc(OCCCC(=O)Nc2nc(-c3ccc4c(c3)CCCC4)cs2)c(Br)c1. The minimum atomic E-state index is -0.0321. The van der Waals surface area contributed by atoms with E-state index in [0.717, 1.165) is 34.3 Å². The average Bonchev–Trinajstić information content (AvgIpc) is 3.25. The van der Waals surface area contributed by atoms with Gasteiger partial charge in [0, 0.05) is 17.4 Å². The zero-order valence-corrected chi connectivity index (χ0v) is 20.2. The number of nitrogens with zero attached hydrogens (tertiary/aromatic N) is 1. The van der Waals surface area contributed by atoms with Gasteiger partial charge in [-0.3, -0.25) is 4.79 Å². The lowest BCUT2D eigenvalue weighted by molar-refractivity contribution is -0.116. The molecule has 1 aliphatic carbocycles. The third-order valence-electron chi connectivity index (χ3n) is 5.61. The summed E-state index contributed by atoms with van der Waals surface area (Å²) in [5.41, 5.74) is 6.23. The maximum atomic E-state index is 12.3. The zero-order valence-electron chi connectivity index (χ0n) is 17.7. The normalized spacial score (nSPS) is 13.0. The Kier molecular flexibility index (Phi) is 7.41. The molecule has 1 amide bonds. The maximum Gasteiger partial charge on any atom is 0.226 e. The maximum absolute atomic E-state index is 12.3. The van der Waals surface area contributed by atoms with Crippen LogP contribution in [0, 0.1) is 0 Å². The number of aromatic nitrogens is 1. The Bertz CT molecular complexity index is 1060. The van der Waals surface area contributed by atoms with Crippen LogP contribution < -0.4 is 10.1 Å². The molecule has 0 saturated carbocycles. The largest absolute Gasteiger partial charge is 0.492 e. The zero-order chi connectivity index (χ0) is 21.6. The van der Waals surface area contributed by atoms with Gasteiger partial charge in [-0.1, -0.05) is 25.1 Å². The molecular formula is C25H27BrN2O2S. The molecule has 0 unspecified atom stereocenters. The molecule has 1 aliphatic rings. The van der Waals surface area contributed by atoms with E-state index in [4.69, 9.17) is 4.74 Å². The van der Waals surface area contributed by atoms with Crippen LogP contribution in [0.5, 0.6) is 5.75 Å². The fourth-order valence-corrected chi connectivity index (χ4v) is 5.11. The molecule has 0 fully saturated rings. The molecule has 4 rings (SSSR count). The van der Waals surface area contributed by atoms with Crippen LogP contribution in [0.25, 0.3) is 11.3 Å². The number of hydrogen-bond donors (Lipinski definition) is 1. The second kappa shape index (κ2) is 10.4. The van der Waals surface area contributed by atoms with Gasteiger partial charge in [-0.05, 0) is 89.3 Å². The van der Waals surface area contributed by atoms with Gasteiger partial charge in [0.15, 0.2) is 5.13 Å². The number of hydrogen-bond acceptors (Lipinski definition) is 4. The molecule has 0 spiro atoms. The molecule has 0 aliphatic heterocycles. The molecule has 4 nitrogen and oxygen atoms in total. The summed E-state index contributed by atoms with van der Waals surface area (Å²) in [6.07, 6.45) is 6.92. The average molecular weight is 499 g/mol. The summed E-state index contributed by atoms with van der Waals surface area (Å²) >= 11 is 5.01. The molecule has 6 heteroatoms. The second-order valence-electron chi connectivity index (χ2n) is 7.85. The van der Waals surface area contributed by atoms with E-state index < -0.39 is 0 Å². The molecule has 2 aromatic carbocycles. The molecule has 0 radical (unpaired) electrons. The molecule has 162 valence electrons. The summed E-state index contributed by atoms with van der Waals surface area (Å²) in [4.78, 5) is 16.9. The van der Waals surface area contributed by atoms with E-state index in [2.05, 4.69) is 63.5 Å². The number of carbonyl (C=O) groups is 1. The van der Waals surface area contributed by atoms with Crippen LogP contribution >= 0.6 is 27.3 Å². The molecule has 3 aromatic rings. The number of anilines is 1. The summed E-state index contributed by atoms with van der Waals surface area (Å²) in [7, 11) is 0. The van der Waals surface area contributed by atoms with Crippen molar-refractivity contribution in [2.24, 2.45) is 0 Å². The summed E-state index contributed by atoms with van der Waals surface area (Å²) < 4.78 is 6.76. The van der Waals surface area contributed by atoms with Crippen molar-refractivity contribution in [2.75, 3.05) is 11.9 Å². The Balaban J connectivity index is 1.26. The van der Waals surface area contributed by atoms with Gasteiger partial charge >= 0.3 is 0 Å². The predicted molar refractivity (Wildman–Crippen MR) is 131 cm³/mol. The van der Waals surface area contributed by atoms with Crippen LogP contribution in [0.4, 0.5) is 5.13 Å². The lowest BCUT2D eigenvalue weighted by Gasteiger charge is -2.16. The van der Waals surface area contributed by atoms with E-state index in [9.17, 15) is 4.79 Å². The second-order valence-corrected chi connectivity index (χ2v) is 9.56. The van der Waals surface area contributed by atoms with E-state index in [0.29, 0.717) is 24.6 Å². The first-order chi connectivity index (χ1) is 15.1. The minimum Gasteiger partial charge on any atom is -0.492 e. The van der Waals surface area contributed by atoms with E-state index in [1.165, 1.54) is 47.3 Å². The smallest absolute Gasteiger partial charge is 0.226 e. The number of ether oxygens (including phenoxy) is 1. The minimum absolute atomic E-state index is 0.0321. The molecule has 1 aromatic heterocycles. The lowest BCUT2D eigenvalue weighted by Crippen LogP contribution is -2.12. The Morgan fingerprint density at radius 3 is 2.81 bits per heavy atom. The first kappa shape index (κ1) is 22.0. The molecular weight excluding hydrogens is 472 g/mol. The van der Waals surface area contributed by atoms with Crippen molar-refractivity contribution >= 4 is 38.3 Å². The van der Waals surface area contributed by atoms with Crippen LogP contribution in [0.15, 0.2) is 46.3 Å². The fourth-order valence-electron chi connectivity index (χ4n) is 3.83. The van der Waals surface area contributed by atoms with E-state index in [-0.39, 0.29) is 5.91 Å². The first-order valence-electron chi connectivity index (χ1n) is 10.9. The number of thiazole rings is 1. The number of benzene rings is 2. The van der Waals surface area contributed by atoms with Gasteiger partial charge in [0.1, 0.15) is 5.75 Å². The molecule has 1 heterocycles. The molecule has 0 atom stereocenters. The highest BCUT2D eigenvalue weighted by Gasteiger charge is 2.13. The van der Waals surface area contributed by atoms with Crippen molar-refractivity contribution in [1.82, 2.24) is 4.98 Å². The first-order valence-corrected chi connectivity index (χ1v) is 12.6. The quantitative estimate of drug-likeness (QED) is 0.347. The van der Waals surface area contributed by atoms with Gasteiger partial charge in [0.05, 0.1) is 16.8 Å². The monoisotopic (exact) mass is 498 g/mol. The fraction of sp³-hybridized carbons (Fsp3) is 0.360. The highest BCUT2D eigenvalue weighted by Crippen LogP contribution is 2.30. The Hall–Kier alpha value is -2.18. The van der Waals surface area contributed by atoms with Crippen molar-refractivity contribution in [3.63, 3.8) is 0 Å². The lowest BCUT2D eigenvalue weighted by atomic mass is 9.90. The highest BCUT2D eigenvalue weighted by atomic mass is 79.9. The Morgan fingerprint density at radius 2 is 2.00 bits per heavy atom. The third kappa shape index (κ3) is 5.74. The number of aryl methyl sites for hydroxylation is 3. The van der Waals surface area contributed by atoms with E-state index in [1.54, 1.807) is 0 Å². The van der Waals surface area contributed by atoms with E-state index >= 15 is 0 Å². The van der Waals surface area contributed by atoms with Crippen LogP contribution in [0.3, 0.4) is 0 Å². The van der Waals surface area contributed by atoms with Crippen LogP contribution in [0.1, 0.15) is 49.3 Å². The van der Waals surface area contributed by atoms with Crippen molar-refractivity contribution in [1.29, 1.82) is 0 Å². The van der Waals surface area contributed by atoms with Gasteiger partial charge in [-0.25, -0.2) is 4.98 Å². The Labute approximate surface area is 196 Å². The van der Waals surface area contributed by atoms with Crippen molar-refractivity contribution in [2.45, 2.75) is 51.9 Å². The van der Waals surface area contributed by atoms with Gasteiger partial charge in [0.25, 0.3) is 0 Å². The predicted octanol–water partition coefficient (Wildman–Crippen LogP) is 6.81. The van der Waals surface area contributed by atoms with Crippen LogP contribution in [-0.2, 0) is 24.1 Å². The molecule has 1 N–H and O–H groups in total. The summed E-state index contributed by atoms with van der Waals surface area (Å²) in [6.45, 7) is 2.62. The topological polar surface area (TPSA) is 51.2 Å². The molecule has 31 heavy (non-hydrogen) atoms. The Morgan fingerprint density at radius 1 is 1.16 bits per heavy atom. The third-order valence-corrected chi connectivity index (χ3v) is 6.98. The van der Waals surface area contributed by atoms with Crippen molar-refractivity contribution < 1.29 is 9.53 Å². The van der Waals surface area contributed by atoms with Crippen LogP contribution in [0.2, 0.25) is 0 Å². The van der Waals surface area contributed by atoms with Gasteiger partial charge in [-0.2, -0.15) is 0 Å².